The fourth-order valence-corrected chi connectivity index (χ4v) is 8.46. The van der Waals surface area contributed by atoms with Crippen molar-refractivity contribution >= 4 is 65.7 Å². The van der Waals surface area contributed by atoms with E-state index in [2.05, 4.69) is 95.6 Å². The molecule has 0 bridgehead atoms. The van der Waals surface area contributed by atoms with E-state index in [9.17, 15) is 0 Å². The summed E-state index contributed by atoms with van der Waals surface area (Å²) in [6.45, 7) is 0. The number of hydrogen-bond donors (Lipinski definition) is 0. The number of para-hydroxylation sites is 2. The molecular weight excluding hydrogens is 701 g/mol. The predicted octanol–water partition coefficient (Wildman–Crippen LogP) is 13.4. The summed E-state index contributed by atoms with van der Waals surface area (Å²) in [4.78, 5) is 15.2. The molecule has 4 aromatic heterocycles. The number of benzene rings is 8. The monoisotopic (exact) mass is 730 g/mol. The maximum Gasteiger partial charge on any atom is 0.164 e. The molecule has 266 valence electrons. The SMILES string of the molecule is c1ccc(-c2nc(-c3ccccc3)nc(-c3cccc4oc5c(-c6ccccc6)cc(-n6c7ccccc7c7cc8c(cc76)oc6ccccc68)cc5c34)n2)cc1. The summed E-state index contributed by atoms with van der Waals surface area (Å²) >= 11 is 0. The van der Waals surface area contributed by atoms with Crippen molar-refractivity contribution < 1.29 is 8.83 Å². The van der Waals surface area contributed by atoms with E-state index in [1.54, 1.807) is 0 Å². The van der Waals surface area contributed by atoms with Crippen LogP contribution in [0.5, 0.6) is 0 Å². The van der Waals surface area contributed by atoms with Crippen LogP contribution in [0.4, 0.5) is 0 Å². The summed E-state index contributed by atoms with van der Waals surface area (Å²) in [6, 6.07) is 62.6. The summed E-state index contributed by atoms with van der Waals surface area (Å²) in [5, 5.41) is 6.46. The molecule has 0 aliphatic rings. The Morgan fingerprint density at radius 2 is 0.965 bits per heavy atom. The first-order valence-corrected chi connectivity index (χ1v) is 19.0. The molecule has 0 radical (unpaired) electrons. The van der Waals surface area contributed by atoms with Crippen LogP contribution in [0, 0.1) is 0 Å². The van der Waals surface area contributed by atoms with Gasteiger partial charge >= 0.3 is 0 Å². The third-order valence-electron chi connectivity index (χ3n) is 11.0. The Kier molecular flexibility index (Phi) is 6.83. The summed E-state index contributed by atoms with van der Waals surface area (Å²) in [5.41, 5.74) is 11.2. The molecule has 4 heterocycles. The maximum absolute atomic E-state index is 6.87. The molecule has 0 aliphatic carbocycles. The van der Waals surface area contributed by atoms with E-state index in [1.807, 2.05) is 91.0 Å². The molecule has 0 spiro atoms. The van der Waals surface area contributed by atoms with Gasteiger partial charge in [0.2, 0.25) is 0 Å². The fourth-order valence-electron chi connectivity index (χ4n) is 8.46. The van der Waals surface area contributed by atoms with Crippen molar-refractivity contribution in [3.05, 3.63) is 182 Å². The van der Waals surface area contributed by atoms with Gasteiger partial charge in [-0.25, -0.2) is 15.0 Å². The highest BCUT2D eigenvalue weighted by Gasteiger charge is 2.23. The molecule has 57 heavy (non-hydrogen) atoms. The molecule has 0 unspecified atom stereocenters. The van der Waals surface area contributed by atoms with Gasteiger partial charge in [0.15, 0.2) is 17.5 Å². The Bertz CT molecular complexity index is 3450. The lowest BCUT2D eigenvalue weighted by Crippen LogP contribution is -2.00. The topological polar surface area (TPSA) is 69.9 Å². The number of furan rings is 2. The van der Waals surface area contributed by atoms with Crippen LogP contribution in [0.25, 0.3) is 117 Å². The van der Waals surface area contributed by atoms with Crippen LogP contribution < -0.4 is 0 Å². The average molecular weight is 731 g/mol. The first-order valence-electron chi connectivity index (χ1n) is 19.0. The molecule has 0 amide bonds. The lowest BCUT2D eigenvalue weighted by molar-refractivity contribution is 0.669. The first-order chi connectivity index (χ1) is 28.2. The van der Waals surface area contributed by atoms with Crippen LogP contribution in [0.1, 0.15) is 0 Å². The normalized spacial score (nSPS) is 11.9. The molecule has 12 aromatic rings. The zero-order valence-electron chi connectivity index (χ0n) is 30.4. The van der Waals surface area contributed by atoms with E-state index >= 15 is 0 Å². The summed E-state index contributed by atoms with van der Waals surface area (Å²) in [7, 11) is 0. The number of nitrogens with zero attached hydrogens (tertiary/aromatic N) is 4. The molecule has 0 N–H and O–H groups in total. The molecule has 6 heteroatoms. The van der Waals surface area contributed by atoms with E-state index in [4.69, 9.17) is 23.8 Å². The number of hydrogen-bond acceptors (Lipinski definition) is 5. The maximum atomic E-state index is 6.87. The quantitative estimate of drug-likeness (QED) is 0.176. The zero-order chi connectivity index (χ0) is 37.5. The van der Waals surface area contributed by atoms with Crippen molar-refractivity contribution in [2.75, 3.05) is 0 Å². The minimum Gasteiger partial charge on any atom is -0.456 e. The number of rotatable bonds is 5. The third-order valence-corrected chi connectivity index (χ3v) is 11.0. The first kappa shape index (κ1) is 31.5. The van der Waals surface area contributed by atoms with Gasteiger partial charge in [0.25, 0.3) is 0 Å². The number of fused-ring (bicyclic) bond motifs is 9. The zero-order valence-corrected chi connectivity index (χ0v) is 30.4. The molecule has 0 atom stereocenters. The van der Waals surface area contributed by atoms with Crippen LogP contribution in [-0.4, -0.2) is 19.5 Å². The molecule has 8 aromatic carbocycles. The molecule has 0 saturated heterocycles. The van der Waals surface area contributed by atoms with Crippen LogP contribution in [0.2, 0.25) is 0 Å². The Hall–Kier alpha value is -7.83. The second-order valence-electron chi connectivity index (χ2n) is 14.4. The molecule has 0 fully saturated rings. The van der Waals surface area contributed by atoms with Crippen molar-refractivity contribution in [3.63, 3.8) is 0 Å². The van der Waals surface area contributed by atoms with Gasteiger partial charge < -0.3 is 13.4 Å². The van der Waals surface area contributed by atoms with Crippen molar-refractivity contribution in [2.24, 2.45) is 0 Å². The van der Waals surface area contributed by atoms with Gasteiger partial charge in [-0.1, -0.05) is 140 Å². The van der Waals surface area contributed by atoms with Gasteiger partial charge in [-0.15, -0.1) is 0 Å². The Balaban J connectivity index is 1.17. The van der Waals surface area contributed by atoms with Crippen LogP contribution in [-0.2, 0) is 0 Å². The summed E-state index contributed by atoms with van der Waals surface area (Å²) < 4.78 is 15.7. The van der Waals surface area contributed by atoms with Crippen LogP contribution >= 0.6 is 0 Å². The van der Waals surface area contributed by atoms with E-state index in [1.165, 1.54) is 5.39 Å². The van der Waals surface area contributed by atoms with E-state index in [0.29, 0.717) is 17.5 Å². The van der Waals surface area contributed by atoms with Gasteiger partial charge in [-0.3, -0.25) is 0 Å². The van der Waals surface area contributed by atoms with Gasteiger partial charge in [-0.2, -0.15) is 0 Å². The van der Waals surface area contributed by atoms with E-state index < -0.39 is 0 Å². The highest BCUT2D eigenvalue weighted by atomic mass is 16.3. The van der Waals surface area contributed by atoms with Crippen LogP contribution in [0.3, 0.4) is 0 Å². The minimum atomic E-state index is 0.576. The van der Waals surface area contributed by atoms with Gasteiger partial charge in [0, 0.05) is 66.3 Å². The second kappa shape index (κ2) is 12.3. The molecule has 6 nitrogen and oxygen atoms in total. The highest BCUT2D eigenvalue weighted by Crippen LogP contribution is 2.44. The summed E-state index contributed by atoms with van der Waals surface area (Å²) in [5.74, 6) is 1.79. The Morgan fingerprint density at radius 1 is 0.351 bits per heavy atom. The van der Waals surface area contributed by atoms with Gasteiger partial charge in [-0.05, 0) is 42.0 Å². The molecular formula is C51H30N4O2. The lowest BCUT2D eigenvalue weighted by atomic mass is 9.99. The molecule has 12 rings (SSSR count). The fraction of sp³-hybridized carbons (Fsp3) is 0. The van der Waals surface area contributed by atoms with Crippen LogP contribution in [0.15, 0.2) is 191 Å². The lowest BCUT2D eigenvalue weighted by Gasteiger charge is -2.12. The van der Waals surface area contributed by atoms with Gasteiger partial charge in [0.1, 0.15) is 22.3 Å². The smallest absolute Gasteiger partial charge is 0.164 e. The third kappa shape index (κ3) is 4.94. The highest BCUT2D eigenvalue weighted by molar-refractivity contribution is 6.19. The Labute approximate surface area is 325 Å². The molecule has 0 aliphatic heterocycles. The van der Waals surface area contributed by atoms with Gasteiger partial charge in [0.05, 0.1) is 11.0 Å². The average Bonchev–Trinajstić information content (AvgIpc) is 3.95. The van der Waals surface area contributed by atoms with Crippen molar-refractivity contribution in [1.29, 1.82) is 0 Å². The summed E-state index contributed by atoms with van der Waals surface area (Å²) in [6.07, 6.45) is 0. The Morgan fingerprint density at radius 3 is 1.70 bits per heavy atom. The van der Waals surface area contributed by atoms with Crippen molar-refractivity contribution in [3.8, 4) is 51.0 Å². The van der Waals surface area contributed by atoms with E-state index in [-0.39, 0.29) is 0 Å². The second-order valence-corrected chi connectivity index (χ2v) is 14.4. The molecule has 0 saturated carbocycles. The largest absolute Gasteiger partial charge is 0.456 e. The van der Waals surface area contributed by atoms with E-state index in [0.717, 1.165) is 93.8 Å². The number of aromatic nitrogens is 4. The van der Waals surface area contributed by atoms with Crippen molar-refractivity contribution in [1.82, 2.24) is 19.5 Å². The van der Waals surface area contributed by atoms with Crippen molar-refractivity contribution in [2.45, 2.75) is 0 Å². The minimum absolute atomic E-state index is 0.576. The predicted molar refractivity (Wildman–Crippen MR) is 230 cm³/mol. The standard InChI is InChI=1S/C51H30N4O2/c1-4-15-31(16-5-1)38-27-34(55-42-24-12-10-21-35(42)39-29-40-36-22-11-13-25-44(36)56-46(40)30-43(39)55)28-41-47-37(23-14-26-45(47)57-48(38)41)51-53-49(32-17-6-2-7-18-32)52-50(54-51)33-19-8-3-9-20-33/h1-30H.